The minimum atomic E-state index is 0.152. The van der Waals surface area contributed by atoms with Crippen LogP contribution in [-0.2, 0) is 4.79 Å². The standard InChI is InChI=1S/C23H33N9O/c1-28-7-9-29(10-8-28)21(33)16-31-15-19(12-24-31)25-23-26-22-20(3-2-6-32(22)27-23)30-13-17-4-5-18(11-17)14-30/h2-3,6,15,17-18,24H,4-5,7-14,16H2,1H3,(H,25,27)/t17-,18?/m0/s1. The Balaban J connectivity index is 1.12. The Morgan fingerprint density at radius 3 is 2.76 bits per heavy atom. The number of carbonyl (C=O) groups is 1. The number of hydrazine groups is 1. The maximum Gasteiger partial charge on any atom is 0.247 e. The van der Waals surface area contributed by atoms with Crippen molar-refractivity contribution >= 4 is 23.2 Å². The summed E-state index contributed by atoms with van der Waals surface area (Å²) in [5.74, 6) is 2.37. The number of amides is 1. The van der Waals surface area contributed by atoms with Gasteiger partial charge in [-0.05, 0) is 50.3 Å². The van der Waals surface area contributed by atoms with Crippen LogP contribution in [0.1, 0.15) is 19.3 Å². The Bertz CT molecular complexity index is 1050. The SMILES string of the molecule is CN1CCN(C(=O)CN2C=C(Nc3nc4c(N5CC6CC[C@@H](C6)C5)cccn4n3)CN2)CC1. The molecule has 2 atom stereocenters. The molecule has 4 aliphatic rings. The lowest BCUT2D eigenvalue weighted by Crippen LogP contribution is -2.50. The quantitative estimate of drug-likeness (QED) is 0.691. The third-order valence-corrected chi connectivity index (χ3v) is 7.51. The van der Waals surface area contributed by atoms with Gasteiger partial charge in [-0.2, -0.15) is 4.98 Å². The summed E-state index contributed by atoms with van der Waals surface area (Å²) in [6.45, 7) is 6.65. The zero-order chi connectivity index (χ0) is 22.4. The van der Waals surface area contributed by atoms with Crippen molar-refractivity contribution in [2.45, 2.75) is 19.3 Å². The Labute approximate surface area is 194 Å². The van der Waals surface area contributed by atoms with Gasteiger partial charge in [0, 0.05) is 51.7 Å². The summed E-state index contributed by atoms with van der Waals surface area (Å²) in [5.41, 5.74) is 6.29. The van der Waals surface area contributed by atoms with Crippen LogP contribution in [0.25, 0.3) is 5.65 Å². The smallest absolute Gasteiger partial charge is 0.247 e. The zero-order valence-electron chi connectivity index (χ0n) is 19.3. The van der Waals surface area contributed by atoms with Crippen LogP contribution in [0.3, 0.4) is 0 Å². The van der Waals surface area contributed by atoms with Crippen LogP contribution < -0.4 is 15.6 Å². The summed E-state index contributed by atoms with van der Waals surface area (Å²) in [6, 6.07) is 4.22. The van der Waals surface area contributed by atoms with Gasteiger partial charge in [-0.3, -0.25) is 4.79 Å². The van der Waals surface area contributed by atoms with Gasteiger partial charge < -0.3 is 25.0 Å². The normalized spacial score (nSPS) is 25.7. The van der Waals surface area contributed by atoms with Crippen molar-refractivity contribution in [1.29, 1.82) is 0 Å². The molecule has 176 valence electrons. The van der Waals surface area contributed by atoms with Gasteiger partial charge in [0.2, 0.25) is 11.9 Å². The second-order valence-electron chi connectivity index (χ2n) is 9.97. The fraction of sp³-hybridized carbons (Fsp3) is 0.609. The molecule has 10 heteroatoms. The molecule has 2 bridgehead atoms. The molecule has 1 aliphatic carbocycles. The largest absolute Gasteiger partial charge is 0.368 e. The van der Waals surface area contributed by atoms with E-state index in [1.807, 2.05) is 26.8 Å². The van der Waals surface area contributed by atoms with Crippen molar-refractivity contribution in [2.24, 2.45) is 11.8 Å². The van der Waals surface area contributed by atoms with Crippen LogP contribution in [0.2, 0.25) is 0 Å². The van der Waals surface area contributed by atoms with Gasteiger partial charge in [-0.25, -0.2) is 9.94 Å². The highest BCUT2D eigenvalue weighted by molar-refractivity contribution is 5.78. The number of hydrogen-bond acceptors (Lipinski definition) is 8. The molecule has 1 saturated carbocycles. The van der Waals surface area contributed by atoms with E-state index in [0.29, 0.717) is 19.0 Å². The van der Waals surface area contributed by atoms with Gasteiger partial charge in [0.05, 0.1) is 17.9 Å². The van der Waals surface area contributed by atoms with Crippen LogP contribution in [0.15, 0.2) is 30.2 Å². The van der Waals surface area contributed by atoms with Crippen molar-refractivity contribution in [1.82, 2.24) is 34.8 Å². The van der Waals surface area contributed by atoms with E-state index in [4.69, 9.17) is 4.98 Å². The molecule has 0 aromatic carbocycles. The predicted molar refractivity (Wildman–Crippen MR) is 127 cm³/mol. The number of fused-ring (bicyclic) bond motifs is 3. The number of likely N-dealkylation sites (N-methyl/N-ethyl adjacent to an activating group) is 1. The summed E-state index contributed by atoms with van der Waals surface area (Å²) >= 11 is 0. The van der Waals surface area contributed by atoms with Crippen LogP contribution >= 0.6 is 0 Å². The lowest BCUT2D eigenvalue weighted by Gasteiger charge is -2.33. The molecular weight excluding hydrogens is 418 g/mol. The number of rotatable bonds is 5. The number of aromatic nitrogens is 3. The Kier molecular flexibility index (Phi) is 5.34. The molecule has 2 aromatic heterocycles. The van der Waals surface area contributed by atoms with E-state index in [0.717, 1.165) is 62.4 Å². The maximum atomic E-state index is 12.6. The Morgan fingerprint density at radius 1 is 1.18 bits per heavy atom. The summed E-state index contributed by atoms with van der Waals surface area (Å²) in [7, 11) is 2.09. The van der Waals surface area contributed by atoms with Crippen LogP contribution in [-0.4, -0.2) is 94.7 Å². The number of nitrogens with zero attached hydrogens (tertiary/aromatic N) is 7. The third kappa shape index (κ3) is 4.24. The molecule has 0 spiro atoms. The first-order chi connectivity index (χ1) is 16.1. The Morgan fingerprint density at radius 2 is 1.97 bits per heavy atom. The zero-order valence-corrected chi connectivity index (χ0v) is 19.3. The minimum Gasteiger partial charge on any atom is -0.368 e. The first kappa shape index (κ1) is 20.7. The summed E-state index contributed by atoms with van der Waals surface area (Å²) in [6.07, 6.45) is 8.01. The van der Waals surface area contributed by atoms with Gasteiger partial charge in [-0.15, -0.1) is 5.10 Å². The molecule has 10 nitrogen and oxygen atoms in total. The third-order valence-electron chi connectivity index (χ3n) is 7.51. The highest BCUT2D eigenvalue weighted by Crippen LogP contribution is 2.38. The first-order valence-corrected chi connectivity index (χ1v) is 12.2. The van der Waals surface area contributed by atoms with Gasteiger partial charge in [-0.1, -0.05) is 0 Å². The van der Waals surface area contributed by atoms with E-state index in [9.17, 15) is 4.79 Å². The van der Waals surface area contributed by atoms with E-state index in [2.05, 4.69) is 44.8 Å². The maximum absolute atomic E-state index is 12.6. The van der Waals surface area contributed by atoms with E-state index >= 15 is 0 Å². The van der Waals surface area contributed by atoms with Crippen molar-refractivity contribution < 1.29 is 4.79 Å². The lowest BCUT2D eigenvalue weighted by molar-refractivity contribution is -0.133. The molecule has 2 N–H and O–H groups in total. The minimum absolute atomic E-state index is 0.152. The van der Waals surface area contributed by atoms with Crippen molar-refractivity contribution in [2.75, 3.05) is 69.6 Å². The van der Waals surface area contributed by atoms with E-state index in [1.54, 1.807) is 0 Å². The van der Waals surface area contributed by atoms with Crippen LogP contribution in [0, 0.1) is 11.8 Å². The molecule has 0 radical (unpaired) electrons. The summed E-state index contributed by atoms with van der Waals surface area (Å²) in [4.78, 5) is 24.1. The monoisotopic (exact) mass is 451 g/mol. The number of anilines is 2. The molecule has 6 rings (SSSR count). The molecular formula is C23H33N9O. The highest BCUT2D eigenvalue weighted by Gasteiger charge is 2.33. The predicted octanol–water partition coefficient (Wildman–Crippen LogP) is 0.813. The molecule has 33 heavy (non-hydrogen) atoms. The molecule has 2 saturated heterocycles. The molecule has 3 aliphatic heterocycles. The number of piperidine rings is 1. The summed E-state index contributed by atoms with van der Waals surface area (Å²) in [5, 5.41) is 9.85. The summed E-state index contributed by atoms with van der Waals surface area (Å²) < 4.78 is 1.87. The number of pyridine rings is 1. The fourth-order valence-corrected chi connectivity index (χ4v) is 5.69. The second kappa shape index (κ2) is 8.49. The number of piperazine rings is 1. The second-order valence-corrected chi connectivity index (χ2v) is 9.97. The van der Waals surface area contributed by atoms with Crippen molar-refractivity contribution in [3.8, 4) is 0 Å². The van der Waals surface area contributed by atoms with Crippen molar-refractivity contribution in [3.05, 3.63) is 30.2 Å². The topological polar surface area (TPSA) is 84.3 Å². The van der Waals surface area contributed by atoms with Crippen LogP contribution in [0.4, 0.5) is 11.6 Å². The average Bonchev–Trinajstić information content (AvgIpc) is 3.52. The number of hydrogen-bond donors (Lipinski definition) is 2. The highest BCUT2D eigenvalue weighted by atomic mass is 16.2. The molecule has 1 amide bonds. The van der Waals surface area contributed by atoms with E-state index in [-0.39, 0.29) is 5.91 Å². The first-order valence-electron chi connectivity index (χ1n) is 12.2. The van der Waals surface area contributed by atoms with E-state index in [1.165, 1.54) is 24.9 Å². The lowest BCUT2D eigenvalue weighted by atomic mass is 9.98. The molecule has 2 aromatic rings. The van der Waals surface area contributed by atoms with E-state index < -0.39 is 0 Å². The van der Waals surface area contributed by atoms with Crippen molar-refractivity contribution in [3.63, 3.8) is 0 Å². The van der Waals surface area contributed by atoms with Gasteiger partial charge in [0.1, 0.15) is 6.54 Å². The Hall–Kier alpha value is -2.85. The number of nitrogens with one attached hydrogen (secondary N) is 2. The number of carbonyl (C=O) groups excluding carboxylic acids is 1. The van der Waals surface area contributed by atoms with Gasteiger partial charge in [0.15, 0.2) is 5.65 Å². The van der Waals surface area contributed by atoms with Crippen LogP contribution in [0.5, 0.6) is 0 Å². The molecule has 5 heterocycles. The van der Waals surface area contributed by atoms with Gasteiger partial charge >= 0.3 is 0 Å². The average molecular weight is 452 g/mol. The molecule has 1 unspecified atom stereocenters. The molecule has 3 fully saturated rings. The fourth-order valence-electron chi connectivity index (χ4n) is 5.69. The van der Waals surface area contributed by atoms with Gasteiger partial charge in [0.25, 0.3) is 0 Å².